The van der Waals surface area contributed by atoms with E-state index in [0.717, 1.165) is 0 Å². The lowest BCUT2D eigenvalue weighted by molar-refractivity contribution is -0.173. The van der Waals surface area contributed by atoms with Crippen LogP contribution in [0.4, 0.5) is 13.2 Å². The zero-order valence-electron chi connectivity index (χ0n) is 10.3. The van der Waals surface area contributed by atoms with Gasteiger partial charge in [0.1, 0.15) is 0 Å². The summed E-state index contributed by atoms with van der Waals surface area (Å²) in [4.78, 5) is 22.2. The fourth-order valence-corrected chi connectivity index (χ4v) is 1.80. The molecule has 0 aromatic heterocycles. The Morgan fingerprint density at radius 3 is 2.30 bits per heavy atom. The van der Waals surface area contributed by atoms with Crippen LogP contribution < -0.4 is 10.6 Å². The zero-order chi connectivity index (χ0) is 15.2. The Morgan fingerprint density at radius 1 is 1.10 bits per heavy atom. The molecule has 0 atom stereocenters. The Hall–Kier alpha value is -1.57. The summed E-state index contributed by atoms with van der Waals surface area (Å²) in [7, 11) is 0. The summed E-state index contributed by atoms with van der Waals surface area (Å²) in [5, 5.41) is 4.27. The highest BCUT2D eigenvalue weighted by Crippen LogP contribution is 2.15. The van der Waals surface area contributed by atoms with Crippen LogP contribution in [0.25, 0.3) is 0 Å². The van der Waals surface area contributed by atoms with Gasteiger partial charge in [-0.3, -0.25) is 9.59 Å². The summed E-state index contributed by atoms with van der Waals surface area (Å²) in [6, 6.07) is 6.78. The van der Waals surface area contributed by atoms with Gasteiger partial charge in [-0.25, -0.2) is 0 Å². The fraction of sp³-hybridized carbons (Fsp3) is 0.333. The van der Waals surface area contributed by atoms with Crippen molar-refractivity contribution in [3.05, 3.63) is 34.3 Å². The standard InChI is InChI=1S/C12H12BrF3N2O2/c13-9-5-2-1-4-8(9)10(19)17-6-3-7-18-11(20)12(14,15)16/h1-2,4-5H,3,6-7H2,(H,17,19)(H,18,20). The number of nitrogens with one attached hydrogen (secondary N) is 2. The molecular formula is C12H12BrF3N2O2. The first-order chi connectivity index (χ1) is 9.32. The van der Waals surface area contributed by atoms with Gasteiger partial charge in [0, 0.05) is 17.6 Å². The topological polar surface area (TPSA) is 58.2 Å². The number of rotatable bonds is 5. The third-order valence-electron chi connectivity index (χ3n) is 2.30. The highest BCUT2D eigenvalue weighted by molar-refractivity contribution is 9.10. The molecule has 0 aliphatic heterocycles. The predicted octanol–water partition coefficient (Wildman–Crippen LogP) is 2.25. The van der Waals surface area contributed by atoms with Gasteiger partial charge >= 0.3 is 12.1 Å². The summed E-state index contributed by atoms with van der Waals surface area (Å²) in [6.07, 6.45) is -4.67. The van der Waals surface area contributed by atoms with Gasteiger partial charge < -0.3 is 10.6 Å². The summed E-state index contributed by atoms with van der Waals surface area (Å²) in [6.45, 7) is 0.00683. The first kappa shape index (κ1) is 16.5. The molecule has 8 heteroatoms. The van der Waals surface area contributed by atoms with Gasteiger partial charge in [0.05, 0.1) is 5.56 Å². The molecule has 4 nitrogen and oxygen atoms in total. The van der Waals surface area contributed by atoms with Gasteiger partial charge in [0.2, 0.25) is 0 Å². The van der Waals surface area contributed by atoms with E-state index in [0.29, 0.717) is 10.0 Å². The van der Waals surface area contributed by atoms with Crippen molar-refractivity contribution in [3.63, 3.8) is 0 Å². The molecule has 1 rings (SSSR count). The van der Waals surface area contributed by atoms with Crippen molar-refractivity contribution < 1.29 is 22.8 Å². The van der Waals surface area contributed by atoms with Crippen molar-refractivity contribution in [2.24, 2.45) is 0 Å². The fourth-order valence-electron chi connectivity index (χ4n) is 1.33. The molecule has 0 aliphatic rings. The van der Waals surface area contributed by atoms with Crippen LogP contribution in [0.15, 0.2) is 28.7 Å². The molecule has 0 bridgehead atoms. The quantitative estimate of drug-likeness (QED) is 0.798. The van der Waals surface area contributed by atoms with Crippen LogP contribution in [-0.2, 0) is 4.79 Å². The number of carbonyl (C=O) groups excluding carboxylic acids is 2. The van der Waals surface area contributed by atoms with Crippen LogP contribution in [0.1, 0.15) is 16.8 Å². The molecule has 20 heavy (non-hydrogen) atoms. The van der Waals surface area contributed by atoms with E-state index in [1.165, 1.54) is 0 Å². The molecule has 0 fully saturated rings. The molecule has 0 unspecified atom stereocenters. The van der Waals surface area contributed by atoms with Crippen molar-refractivity contribution >= 4 is 27.7 Å². The summed E-state index contributed by atoms with van der Waals surface area (Å²) in [5.41, 5.74) is 0.437. The van der Waals surface area contributed by atoms with Crippen LogP contribution in [0.5, 0.6) is 0 Å². The van der Waals surface area contributed by atoms with Gasteiger partial charge in [-0.1, -0.05) is 12.1 Å². The second-order valence-electron chi connectivity index (χ2n) is 3.84. The van der Waals surface area contributed by atoms with Crippen LogP contribution in [0, 0.1) is 0 Å². The molecule has 110 valence electrons. The number of hydrogen-bond acceptors (Lipinski definition) is 2. The number of amides is 2. The second-order valence-corrected chi connectivity index (χ2v) is 4.70. The molecule has 2 N–H and O–H groups in total. The smallest absolute Gasteiger partial charge is 0.352 e. The third-order valence-corrected chi connectivity index (χ3v) is 2.99. The van der Waals surface area contributed by atoms with E-state index >= 15 is 0 Å². The van der Waals surface area contributed by atoms with Crippen molar-refractivity contribution in [2.45, 2.75) is 12.6 Å². The SMILES string of the molecule is O=C(NCCCNC(=O)C(F)(F)F)c1ccccc1Br. The lowest BCUT2D eigenvalue weighted by Gasteiger charge is -2.09. The van der Waals surface area contributed by atoms with Gasteiger partial charge in [0.15, 0.2) is 0 Å². The Morgan fingerprint density at radius 2 is 1.70 bits per heavy atom. The normalized spacial score (nSPS) is 11.0. The van der Waals surface area contributed by atoms with Gasteiger partial charge in [-0.05, 0) is 34.5 Å². The van der Waals surface area contributed by atoms with Crippen molar-refractivity contribution in [2.75, 3.05) is 13.1 Å². The van der Waals surface area contributed by atoms with Gasteiger partial charge in [-0.15, -0.1) is 0 Å². The number of halogens is 4. The molecule has 0 spiro atoms. The molecule has 1 aromatic rings. The van der Waals surface area contributed by atoms with Crippen LogP contribution in [0.2, 0.25) is 0 Å². The molecule has 0 saturated heterocycles. The highest BCUT2D eigenvalue weighted by atomic mass is 79.9. The monoisotopic (exact) mass is 352 g/mol. The Balaban J connectivity index is 2.27. The van der Waals surface area contributed by atoms with E-state index in [1.54, 1.807) is 29.6 Å². The van der Waals surface area contributed by atoms with E-state index in [4.69, 9.17) is 0 Å². The van der Waals surface area contributed by atoms with Crippen molar-refractivity contribution in [1.82, 2.24) is 10.6 Å². The lowest BCUT2D eigenvalue weighted by Crippen LogP contribution is -2.38. The van der Waals surface area contributed by atoms with E-state index in [-0.39, 0.29) is 25.4 Å². The van der Waals surface area contributed by atoms with E-state index in [1.807, 2.05) is 0 Å². The van der Waals surface area contributed by atoms with E-state index in [2.05, 4.69) is 21.2 Å². The minimum atomic E-state index is -4.88. The highest BCUT2D eigenvalue weighted by Gasteiger charge is 2.38. The second kappa shape index (κ2) is 7.28. The maximum atomic E-state index is 11.9. The molecule has 0 aliphatic carbocycles. The average Bonchev–Trinajstić information content (AvgIpc) is 2.37. The minimum Gasteiger partial charge on any atom is -0.352 e. The lowest BCUT2D eigenvalue weighted by atomic mass is 10.2. The van der Waals surface area contributed by atoms with Crippen LogP contribution >= 0.6 is 15.9 Å². The van der Waals surface area contributed by atoms with Crippen molar-refractivity contribution in [3.8, 4) is 0 Å². The molecular weight excluding hydrogens is 341 g/mol. The summed E-state index contributed by atoms with van der Waals surface area (Å²) >= 11 is 3.22. The average molecular weight is 353 g/mol. The molecule has 0 radical (unpaired) electrons. The van der Waals surface area contributed by atoms with Gasteiger partial charge in [0.25, 0.3) is 5.91 Å². The molecule has 0 saturated carbocycles. The number of benzene rings is 1. The van der Waals surface area contributed by atoms with E-state index in [9.17, 15) is 22.8 Å². The van der Waals surface area contributed by atoms with Crippen LogP contribution in [0.3, 0.4) is 0 Å². The minimum absolute atomic E-state index is 0.158. The maximum absolute atomic E-state index is 11.9. The Kier molecular flexibility index (Phi) is 6.00. The zero-order valence-corrected chi connectivity index (χ0v) is 11.8. The molecule has 0 heterocycles. The Labute approximate surface area is 121 Å². The molecule has 1 aromatic carbocycles. The summed E-state index contributed by atoms with van der Waals surface area (Å²) in [5.74, 6) is -2.31. The molecule has 2 amide bonds. The van der Waals surface area contributed by atoms with E-state index < -0.39 is 12.1 Å². The first-order valence-electron chi connectivity index (χ1n) is 5.70. The number of hydrogen-bond donors (Lipinski definition) is 2. The number of carbonyl (C=O) groups is 2. The third kappa shape index (κ3) is 5.20. The van der Waals surface area contributed by atoms with Crippen molar-refractivity contribution in [1.29, 1.82) is 0 Å². The summed E-state index contributed by atoms with van der Waals surface area (Å²) < 4.78 is 36.2. The maximum Gasteiger partial charge on any atom is 0.471 e. The first-order valence-corrected chi connectivity index (χ1v) is 6.49. The Bertz CT molecular complexity index is 492. The van der Waals surface area contributed by atoms with Crippen LogP contribution in [-0.4, -0.2) is 31.1 Å². The van der Waals surface area contributed by atoms with Gasteiger partial charge in [-0.2, -0.15) is 13.2 Å². The predicted molar refractivity (Wildman–Crippen MR) is 70.2 cm³/mol. The largest absolute Gasteiger partial charge is 0.471 e. The number of alkyl halides is 3.